The summed E-state index contributed by atoms with van der Waals surface area (Å²) in [6.45, 7) is 7.38. The van der Waals surface area contributed by atoms with Crippen LogP contribution in [-0.2, 0) is 4.74 Å². The summed E-state index contributed by atoms with van der Waals surface area (Å²) in [5, 5.41) is 0.675. The summed E-state index contributed by atoms with van der Waals surface area (Å²) in [7, 11) is 0. The van der Waals surface area contributed by atoms with Crippen LogP contribution in [0.3, 0.4) is 0 Å². The fraction of sp³-hybridized carbons (Fsp3) is 0.417. The normalized spacial score (nSPS) is 10.5. The average molecular weight is 227 g/mol. The van der Waals surface area contributed by atoms with Gasteiger partial charge in [0.15, 0.2) is 0 Å². The van der Waals surface area contributed by atoms with Gasteiger partial charge in [-0.05, 0) is 51.0 Å². The number of ether oxygens (including phenoxy) is 1. The first kappa shape index (κ1) is 12.1. The Bertz CT molecular complexity index is 383. The van der Waals surface area contributed by atoms with E-state index in [9.17, 15) is 4.79 Å². The Morgan fingerprint density at radius 3 is 2.40 bits per heavy atom. The summed E-state index contributed by atoms with van der Waals surface area (Å²) in [5.41, 5.74) is 2.32. The van der Waals surface area contributed by atoms with Gasteiger partial charge in [0.2, 0.25) is 0 Å². The molecule has 0 atom stereocenters. The molecule has 3 heteroatoms. The average Bonchev–Trinajstić information content (AvgIpc) is 2.09. The number of carbonyl (C=O) groups is 1. The lowest BCUT2D eigenvalue weighted by Crippen LogP contribution is -2.13. The quantitative estimate of drug-likeness (QED) is 0.722. The van der Waals surface area contributed by atoms with Crippen LogP contribution in [0, 0.1) is 13.8 Å². The highest BCUT2D eigenvalue weighted by Crippen LogP contribution is 2.21. The van der Waals surface area contributed by atoms with Gasteiger partial charge in [-0.15, -0.1) is 0 Å². The van der Waals surface area contributed by atoms with Gasteiger partial charge >= 0.3 is 5.97 Å². The van der Waals surface area contributed by atoms with Crippen molar-refractivity contribution in [1.82, 2.24) is 0 Å². The number of hydrogen-bond donors (Lipinski definition) is 0. The Labute approximate surface area is 95.2 Å². The Kier molecular flexibility index (Phi) is 3.75. The maximum Gasteiger partial charge on any atom is 0.338 e. The molecule has 0 bridgehead atoms. The summed E-state index contributed by atoms with van der Waals surface area (Å²) in [6.07, 6.45) is -0.104. The van der Waals surface area contributed by atoms with Crippen LogP contribution in [0.5, 0.6) is 0 Å². The van der Waals surface area contributed by atoms with Crippen molar-refractivity contribution in [3.63, 3.8) is 0 Å². The highest BCUT2D eigenvalue weighted by Gasteiger charge is 2.13. The second-order valence-corrected chi connectivity index (χ2v) is 4.28. The molecule has 0 saturated heterocycles. The molecule has 1 aromatic rings. The van der Waals surface area contributed by atoms with Crippen LogP contribution >= 0.6 is 11.6 Å². The molecule has 0 unspecified atom stereocenters. The molecular weight excluding hydrogens is 212 g/mol. The first-order valence-electron chi connectivity index (χ1n) is 4.89. The topological polar surface area (TPSA) is 26.3 Å². The molecule has 15 heavy (non-hydrogen) atoms. The van der Waals surface area contributed by atoms with Gasteiger partial charge in [0.05, 0.1) is 11.7 Å². The largest absolute Gasteiger partial charge is 0.459 e. The zero-order valence-electron chi connectivity index (χ0n) is 9.43. The third-order valence-electron chi connectivity index (χ3n) is 2.07. The van der Waals surface area contributed by atoms with Gasteiger partial charge in [-0.25, -0.2) is 4.79 Å². The van der Waals surface area contributed by atoms with E-state index in [0.29, 0.717) is 10.6 Å². The molecule has 0 fully saturated rings. The first-order chi connectivity index (χ1) is 6.91. The molecule has 0 N–H and O–H groups in total. The van der Waals surface area contributed by atoms with Gasteiger partial charge in [0, 0.05) is 5.02 Å². The lowest BCUT2D eigenvalue weighted by Gasteiger charge is -2.11. The SMILES string of the molecule is Cc1cc(C(=O)OC(C)C)c(C)cc1Cl. The molecule has 2 nitrogen and oxygen atoms in total. The summed E-state index contributed by atoms with van der Waals surface area (Å²) < 4.78 is 5.13. The first-order valence-corrected chi connectivity index (χ1v) is 5.27. The molecule has 0 radical (unpaired) electrons. The van der Waals surface area contributed by atoms with E-state index < -0.39 is 0 Å². The van der Waals surface area contributed by atoms with E-state index in [1.807, 2.05) is 27.7 Å². The number of benzene rings is 1. The second-order valence-electron chi connectivity index (χ2n) is 3.87. The van der Waals surface area contributed by atoms with Crippen LogP contribution in [0.2, 0.25) is 5.02 Å². The highest BCUT2D eigenvalue weighted by atomic mass is 35.5. The van der Waals surface area contributed by atoms with Gasteiger partial charge in [0.25, 0.3) is 0 Å². The fourth-order valence-corrected chi connectivity index (χ4v) is 1.50. The summed E-state index contributed by atoms with van der Waals surface area (Å²) in [6, 6.07) is 3.55. The maximum absolute atomic E-state index is 11.7. The van der Waals surface area contributed by atoms with E-state index in [1.54, 1.807) is 12.1 Å². The molecule has 0 aliphatic heterocycles. The van der Waals surface area contributed by atoms with Crippen LogP contribution < -0.4 is 0 Å². The van der Waals surface area contributed by atoms with Crippen molar-refractivity contribution in [2.75, 3.05) is 0 Å². The summed E-state index contributed by atoms with van der Waals surface area (Å²) in [5.74, 6) is -0.290. The van der Waals surface area contributed by atoms with E-state index in [4.69, 9.17) is 16.3 Å². The summed E-state index contributed by atoms with van der Waals surface area (Å²) in [4.78, 5) is 11.7. The van der Waals surface area contributed by atoms with E-state index in [2.05, 4.69) is 0 Å². The predicted octanol–water partition coefficient (Wildman–Crippen LogP) is 3.52. The minimum atomic E-state index is -0.290. The molecule has 1 aromatic carbocycles. The van der Waals surface area contributed by atoms with Crippen LogP contribution in [0.25, 0.3) is 0 Å². The van der Waals surface area contributed by atoms with Gasteiger partial charge < -0.3 is 4.74 Å². The zero-order valence-corrected chi connectivity index (χ0v) is 10.2. The van der Waals surface area contributed by atoms with E-state index >= 15 is 0 Å². The molecular formula is C12H15ClO2. The molecule has 0 aromatic heterocycles. The molecule has 0 saturated carbocycles. The molecule has 1 rings (SSSR count). The standard InChI is InChI=1S/C12H15ClO2/c1-7(2)15-12(14)10-5-9(4)11(13)6-8(10)3/h5-7H,1-4H3. The Hall–Kier alpha value is -1.02. The monoisotopic (exact) mass is 226 g/mol. The van der Waals surface area contributed by atoms with Crippen LogP contribution in [-0.4, -0.2) is 12.1 Å². The van der Waals surface area contributed by atoms with Gasteiger partial charge in [-0.3, -0.25) is 0 Å². The second kappa shape index (κ2) is 4.67. The molecule has 0 amide bonds. The minimum absolute atomic E-state index is 0.104. The smallest absolute Gasteiger partial charge is 0.338 e. The number of aryl methyl sites for hydroxylation is 2. The fourth-order valence-electron chi connectivity index (χ4n) is 1.28. The van der Waals surface area contributed by atoms with Crippen LogP contribution in [0.1, 0.15) is 35.3 Å². The molecule has 0 heterocycles. The van der Waals surface area contributed by atoms with Crippen molar-refractivity contribution >= 4 is 17.6 Å². The van der Waals surface area contributed by atoms with Crippen molar-refractivity contribution in [2.45, 2.75) is 33.8 Å². The van der Waals surface area contributed by atoms with Crippen molar-refractivity contribution in [2.24, 2.45) is 0 Å². The van der Waals surface area contributed by atoms with Crippen molar-refractivity contribution in [3.05, 3.63) is 33.8 Å². The number of rotatable bonds is 2. The number of carbonyl (C=O) groups excluding carboxylic acids is 1. The maximum atomic E-state index is 11.7. The molecule has 82 valence electrons. The molecule has 0 aliphatic rings. The lowest BCUT2D eigenvalue weighted by atomic mass is 10.1. The van der Waals surface area contributed by atoms with Crippen molar-refractivity contribution in [3.8, 4) is 0 Å². The third-order valence-corrected chi connectivity index (χ3v) is 2.48. The Balaban J connectivity index is 3.04. The Morgan fingerprint density at radius 2 is 1.87 bits per heavy atom. The van der Waals surface area contributed by atoms with Gasteiger partial charge in [0.1, 0.15) is 0 Å². The lowest BCUT2D eigenvalue weighted by molar-refractivity contribution is 0.0377. The number of halogens is 1. The predicted molar refractivity (Wildman–Crippen MR) is 61.5 cm³/mol. The zero-order chi connectivity index (χ0) is 11.6. The van der Waals surface area contributed by atoms with Crippen molar-refractivity contribution < 1.29 is 9.53 Å². The van der Waals surface area contributed by atoms with Gasteiger partial charge in [-0.1, -0.05) is 11.6 Å². The third kappa shape index (κ3) is 2.96. The van der Waals surface area contributed by atoms with E-state index in [0.717, 1.165) is 11.1 Å². The summed E-state index contributed by atoms with van der Waals surface area (Å²) >= 11 is 5.94. The van der Waals surface area contributed by atoms with E-state index in [1.165, 1.54) is 0 Å². The van der Waals surface area contributed by atoms with Gasteiger partial charge in [-0.2, -0.15) is 0 Å². The molecule has 0 aliphatic carbocycles. The van der Waals surface area contributed by atoms with Crippen molar-refractivity contribution in [1.29, 1.82) is 0 Å². The van der Waals surface area contributed by atoms with E-state index in [-0.39, 0.29) is 12.1 Å². The minimum Gasteiger partial charge on any atom is -0.459 e. The molecule has 0 spiro atoms. The van der Waals surface area contributed by atoms with Crippen LogP contribution in [0.15, 0.2) is 12.1 Å². The number of esters is 1. The Morgan fingerprint density at radius 1 is 1.27 bits per heavy atom. The van der Waals surface area contributed by atoms with Crippen LogP contribution in [0.4, 0.5) is 0 Å². The number of hydrogen-bond acceptors (Lipinski definition) is 2. The highest BCUT2D eigenvalue weighted by molar-refractivity contribution is 6.31.